The molecule has 1 N–H and O–H groups in total. The standard InChI is InChI=1S/C22H21FN6O/c23-18-9-15(8-16(10-18)22(30)25-12-14-3-4-14)19-2-1-6-28(19)20-5-7-29-21(27-20)17(11-24)13-26-29/h5,7-10,13-14,19H,1-4,6,12H2,(H,25,30). The van der Waals surface area contributed by atoms with Crippen LogP contribution in [0.25, 0.3) is 5.65 Å². The van der Waals surface area contributed by atoms with E-state index in [2.05, 4.69) is 26.4 Å². The Hall–Kier alpha value is -3.47. The Balaban J connectivity index is 1.44. The smallest absolute Gasteiger partial charge is 0.251 e. The fraction of sp³-hybridized carbons (Fsp3) is 0.364. The van der Waals surface area contributed by atoms with Crippen LogP contribution in [0, 0.1) is 23.1 Å². The molecule has 1 saturated heterocycles. The van der Waals surface area contributed by atoms with Crippen molar-refractivity contribution < 1.29 is 9.18 Å². The van der Waals surface area contributed by atoms with Crippen LogP contribution in [0.2, 0.25) is 0 Å². The number of rotatable bonds is 5. The lowest BCUT2D eigenvalue weighted by atomic mass is 10.0. The maximum atomic E-state index is 14.4. The monoisotopic (exact) mass is 404 g/mol. The number of nitriles is 1. The normalized spacial score (nSPS) is 18.5. The molecule has 7 nitrogen and oxygen atoms in total. The van der Waals surface area contributed by atoms with Crippen molar-refractivity contribution in [2.75, 3.05) is 18.0 Å². The van der Waals surface area contributed by atoms with E-state index >= 15 is 0 Å². The van der Waals surface area contributed by atoms with E-state index in [1.165, 1.54) is 18.3 Å². The van der Waals surface area contributed by atoms with Crippen LogP contribution in [0.5, 0.6) is 0 Å². The van der Waals surface area contributed by atoms with Crippen molar-refractivity contribution in [3.05, 3.63) is 59.2 Å². The zero-order chi connectivity index (χ0) is 20.7. The molecular weight excluding hydrogens is 383 g/mol. The molecule has 0 spiro atoms. The van der Waals surface area contributed by atoms with Gasteiger partial charge < -0.3 is 10.2 Å². The molecule has 0 bridgehead atoms. The zero-order valence-corrected chi connectivity index (χ0v) is 16.4. The maximum absolute atomic E-state index is 14.4. The van der Waals surface area contributed by atoms with Crippen LogP contribution in [-0.2, 0) is 0 Å². The lowest BCUT2D eigenvalue weighted by Crippen LogP contribution is -2.27. The van der Waals surface area contributed by atoms with E-state index < -0.39 is 5.82 Å². The zero-order valence-electron chi connectivity index (χ0n) is 16.4. The van der Waals surface area contributed by atoms with Gasteiger partial charge in [-0.25, -0.2) is 13.9 Å². The molecule has 152 valence electrons. The van der Waals surface area contributed by atoms with E-state index in [1.54, 1.807) is 16.8 Å². The quantitative estimate of drug-likeness (QED) is 0.706. The van der Waals surface area contributed by atoms with E-state index in [4.69, 9.17) is 0 Å². The average molecular weight is 404 g/mol. The van der Waals surface area contributed by atoms with Crippen molar-refractivity contribution in [2.24, 2.45) is 5.92 Å². The molecule has 5 rings (SSSR count). The molecule has 30 heavy (non-hydrogen) atoms. The molecule has 1 aromatic carbocycles. The number of hydrogen-bond donors (Lipinski definition) is 1. The van der Waals surface area contributed by atoms with Gasteiger partial charge in [0.1, 0.15) is 23.3 Å². The third kappa shape index (κ3) is 3.47. The van der Waals surface area contributed by atoms with E-state index in [0.717, 1.165) is 37.8 Å². The number of benzene rings is 1. The maximum Gasteiger partial charge on any atom is 0.251 e. The molecule has 8 heteroatoms. The molecule has 2 aliphatic rings. The van der Waals surface area contributed by atoms with Crippen molar-refractivity contribution in [1.82, 2.24) is 19.9 Å². The molecule has 1 saturated carbocycles. The summed E-state index contributed by atoms with van der Waals surface area (Å²) in [5.41, 5.74) is 2.02. The molecular formula is C22H21FN6O. The number of nitrogens with one attached hydrogen (secondary N) is 1. The predicted molar refractivity (Wildman–Crippen MR) is 108 cm³/mol. The SMILES string of the molecule is N#Cc1cnn2ccc(N3CCCC3c3cc(F)cc(C(=O)NCC4CC4)c3)nc12. The minimum Gasteiger partial charge on any atom is -0.352 e. The summed E-state index contributed by atoms with van der Waals surface area (Å²) in [7, 11) is 0. The van der Waals surface area contributed by atoms with Gasteiger partial charge in [0.2, 0.25) is 0 Å². The number of hydrogen-bond acceptors (Lipinski definition) is 5. The first-order valence-corrected chi connectivity index (χ1v) is 10.2. The number of amides is 1. The number of carbonyl (C=O) groups is 1. The van der Waals surface area contributed by atoms with Crippen LogP contribution in [0.4, 0.5) is 10.2 Å². The van der Waals surface area contributed by atoms with Gasteiger partial charge in [0.05, 0.1) is 12.2 Å². The highest BCUT2D eigenvalue weighted by molar-refractivity contribution is 5.94. The van der Waals surface area contributed by atoms with Gasteiger partial charge in [-0.15, -0.1) is 0 Å². The van der Waals surface area contributed by atoms with Crippen LogP contribution >= 0.6 is 0 Å². The Labute approximate surface area is 173 Å². The Morgan fingerprint density at radius 2 is 2.17 bits per heavy atom. The van der Waals surface area contributed by atoms with Crippen LogP contribution < -0.4 is 10.2 Å². The summed E-state index contributed by atoms with van der Waals surface area (Å²) < 4.78 is 16.0. The van der Waals surface area contributed by atoms with E-state index in [-0.39, 0.29) is 11.9 Å². The largest absolute Gasteiger partial charge is 0.352 e. The highest BCUT2D eigenvalue weighted by atomic mass is 19.1. The first-order chi connectivity index (χ1) is 14.6. The summed E-state index contributed by atoms with van der Waals surface area (Å²) in [6.07, 6.45) is 7.33. The lowest BCUT2D eigenvalue weighted by Gasteiger charge is -2.26. The Bertz CT molecular complexity index is 1160. The molecule has 2 fully saturated rings. The first-order valence-electron chi connectivity index (χ1n) is 10.2. The molecule has 3 aromatic rings. The van der Waals surface area contributed by atoms with Gasteiger partial charge in [-0.3, -0.25) is 4.79 Å². The van der Waals surface area contributed by atoms with Gasteiger partial charge in [0.25, 0.3) is 5.91 Å². The molecule has 1 unspecified atom stereocenters. The topological polar surface area (TPSA) is 86.3 Å². The second-order valence-electron chi connectivity index (χ2n) is 8.00. The van der Waals surface area contributed by atoms with Gasteiger partial charge >= 0.3 is 0 Å². The summed E-state index contributed by atoms with van der Waals surface area (Å²) in [5.74, 6) is 0.632. The second kappa shape index (κ2) is 7.41. The number of anilines is 1. The first kappa shape index (κ1) is 18.6. The van der Waals surface area contributed by atoms with Gasteiger partial charge in [-0.2, -0.15) is 10.4 Å². The highest BCUT2D eigenvalue weighted by Crippen LogP contribution is 2.36. The van der Waals surface area contributed by atoms with E-state index in [0.29, 0.717) is 35.1 Å². The summed E-state index contributed by atoms with van der Waals surface area (Å²) in [4.78, 5) is 19.2. The fourth-order valence-corrected chi connectivity index (χ4v) is 4.08. The van der Waals surface area contributed by atoms with E-state index in [1.807, 2.05) is 6.07 Å². The van der Waals surface area contributed by atoms with E-state index in [9.17, 15) is 14.4 Å². The minimum atomic E-state index is -0.415. The molecule has 0 radical (unpaired) electrons. The molecule has 1 aliphatic heterocycles. The number of carbonyl (C=O) groups excluding carboxylic acids is 1. The number of fused-ring (bicyclic) bond motifs is 1. The molecule has 3 heterocycles. The fourth-order valence-electron chi connectivity index (χ4n) is 4.08. The summed E-state index contributed by atoms with van der Waals surface area (Å²) in [6.45, 7) is 1.42. The third-order valence-corrected chi connectivity index (χ3v) is 5.84. The van der Waals surface area contributed by atoms with Gasteiger partial charge in [-0.1, -0.05) is 0 Å². The number of halogens is 1. The highest BCUT2D eigenvalue weighted by Gasteiger charge is 2.29. The Kier molecular flexibility index (Phi) is 4.58. The van der Waals surface area contributed by atoms with Gasteiger partial charge in [0.15, 0.2) is 5.65 Å². The average Bonchev–Trinajstić information content (AvgIpc) is 3.29. The Morgan fingerprint density at radius 1 is 1.30 bits per heavy atom. The second-order valence-corrected chi connectivity index (χ2v) is 8.00. The van der Waals surface area contributed by atoms with Crippen LogP contribution in [0.3, 0.4) is 0 Å². The lowest BCUT2D eigenvalue weighted by molar-refractivity contribution is 0.0951. The van der Waals surface area contributed by atoms with Crippen molar-refractivity contribution in [3.8, 4) is 6.07 Å². The predicted octanol–water partition coefficient (Wildman–Crippen LogP) is 3.22. The van der Waals surface area contributed by atoms with Gasteiger partial charge in [-0.05, 0) is 61.4 Å². The van der Waals surface area contributed by atoms with Crippen molar-refractivity contribution in [3.63, 3.8) is 0 Å². The van der Waals surface area contributed by atoms with Crippen LogP contribution in [-0.4, -0.2) is 33.6 Å². The summed E-state index contributed by atoms with van der Waals surface area (Å²) in [5, 5.41) is 16.3. The minimum absolute atomic E-state index is 0.0842. The molecule has 1 amide bonds. The van der Waals surface area contributed by atoms with Crippen molar-refractivity contribution in [1.29, 1.82) is 5.26 Å². The molecule has 1 aliphatic carbocycles. The Morgan fingerprint density at radius 3 is 2.97 bits per heavy atom. The molecule has 1 atom stereocenters. The number of aromatic nitrogens is 3. The van der Waals surface area contributed by atoms with Crippen LogP contribution in [0.1, 0.15) is 53.2 Å². The van der Waals surface area contributed by atoms with Crippen LogP contribution in [0.15, 0.2) is 36.7 Å². The number of nitrogens with zero attached hydrogens (tertiary/aromatic N) is 5. The third-order valence-electron chi connectivity index (χ3n) is 5.84. The summed E-state index contributed by atoms with van der Waals surface area (Å²) in [6, 6.07) is 8.44. The molecule has 2 aromatic heterocycles. The van der Waals surface area contributed by atoms with Gasteiger partial charge in [0, 0.05) is 24.8 Å². The van der Waals surface area contributed by atoms with Crippen molar-refractivity contribution in [2.45, 2.75) is 31.7 Å². The van der Waals surface area contributed by atoms with Crippen molar-refractivity contribution >= 4 is 17.4 Å². The summed E-state index contributed by atoms with van der Waals surface area (Å²) >= 11 is 0.